The lowest BCUT2D eigenvalue weighted by molar-refractivity contribution is -0.143. The van der Waals surface area contributed by atoms with Gasteiger partial charge in [-0.15, -0.1) is 0 Å². The van der Waals surface area contributed by atoms with Gasteiger partial charge in [0.15, 0.2) is 0 Å². The number of hydrogen-bond donors (Lipinski definition) is 2. The summed E-state index contributed by atoms with van der Waals surface area (Å²) in [7, 11) is 1.77. The highest BCUT2D eigenvalue weighted by Gasteiger charge is 2.58. The van der Waals surface area contributed by atoms with Crippen LogP contribution in [0, 0.1) is 0 Å². The van der Waals surface area contributed by atoms with E-state index < -0.39 is 36.2 Å². The molecule has 2 heterocycles. The molecule has 1 aromatic carbocycles. The van der Waals surface area contributed by atoms with Crippen LogP contribution in [0.25, 0.3) is 11.1 Å². The van der Waals surface area contributed by atoms with E-state index in [4.69, 9.17) is 5.11 Å². The number of aliphatic carboxylic acids is 1. The number of nitrogens with one attached hydrogen (secondary N) is 1. The van der Waals surface area contributed by atoms with Gasteiger partial charge >= 0.3 is 12.0 Å². The SMILES string of the molecule is Cn1cc(-c2ccc3c(c2)[C@H](F)C[C@]32NC(=O)N(CC(=O)O)C2=O)cn1. The molecule has 1 aliphatic heterocycles. The van der Waals surface area contributed by atoms with Crippen LogP contribution < -0.4 is 5.32 Å². The summed E-state index contributed by atoms with van der Waals surface area (Å²) in [6.45, 7) is -0.757. The van der Waals surface area contributed by atoms with Crippen LogP contribution in [0.15, 0.2) is 30.6 Å². The number of carbonyl (C=O) groups is 3. The summed E-state index contributed by atoms with van der Waals surface area (Å²) in [5.41, 5.74) is 0.684. The number of aromatic nitrogens is 2. The molecule has 0 bridgehead atoms. The molecule has 1 saturated heterocycles. The first-order chi connectivity index (χ1) is 12.3. The van der Waals surface area contributed by atoms with Crippen LogP contribution in [-0.2, 0) is 22.2 Å². The Bertz CT molecular complexity index is 956. The molecule has 3 amide bonds. The maximum atomic E-state index is 14.7. The minimum Gasteiger partial charge on any atom is -0.480 e. The molecule has 2 atom stereocenters. The number of alkyl halides is 1. The lowest BCUT2D eigenvalue weighted by Crippen LogP contribution is -2.42. The number of amides is 3. The summed E-state index contributed by atoms with van der Waals surface area (Å²) in [5.74, 6) is -2.05. The van der Waals surface area contributed by atoms with E-state index in [0.29, 0.717) is 16.0 Å². The predicted molar refractivity (Wildman–Crippen MR) is 86.7 cm³/mol. The van der Waals surface area contributed by atoms with Crippen molar-refractivity contribution in [2.45, 2.75) is 18.1 Å². The number of imide groups is 1. The zero-order valence-electron chi connectivity index (χ0n) is 13.8. The van der Waals surface area contributed by atoms with Crippen molar-refractivity contribution >= 4 is 17.9 Å². The number of fused-ring (bicyclic) bond motifs is 2. The number of rotatable bonds is 3. The molecule has 26 heavy (non-hydrogen) atoms. The first-order valence-corrected chi connectivity index (χ1v) is 7.95. The average Bonchev–Trinajstić information content (AvgIpc) is 3.20. The highest BCUT2D eigenvalue weighted by Crippen LogP contribution is 2.49. The Labute approximate surface area is 147 Å². The van der Waals surface area contributed by atoms with Gasteiger partial charge < -0.3 is 10.4 Å². The van der Waals surface area contributed by atoms with Crippen molar-refractivity contribution in [3.63, 3.8) is 0 Å². The molecular weight excluding hydrogens is 343 g/mol. The highest BCUT2D eigenvalue weighted by molar-refractivity contribution is 6.09. The van der Waals surface area contributed by atoms with Crippen LogP contribution in [0.4, 0.5) is 9.18 Å². The van der Waals surface area contributed by atoms with Gasteiger partial charge in [-0.05, 0) is 22.8 Å². The molecule has 0 radical (unpaired) electrons. The summed E-state index contributed by atoms with van der Waals surface area (Å²) >= 11 is 0. The highest BCUT2D eigenvalue weighted by atomic mass is 19.1. The number of carboxylic acids is 1. The smallest absolute Gasteiger partial charge is 0.325 e. The third-order valence-electron chi connectivity index (χ3n) is 4.84. The molecule has 2 N–H and O–H groups in total. The minimum atomic E-state index is -1.55. The van der Waals surface area contributed by atoms with Crippen LogP contribution in [0.5, 0.6) is 0 Å². The molecule has 1 aromatic heterocycles. The molecule has 8 nitrogen and oxygen atoms in total. The fourth-order valence-corrected chi connectivity index (χ4v) is 3.67. The molecule has 2 aromatic rings. The van der Waals surface area contributed by atoms with Crippen molar-refractivity contribution in [1.29, 1.82) is 0 Å². The van der Waals surface area contributed by atoms with Crippen molar-refractivity contribution in [1.82, 2.24) is 20.0 Å². The van der Waals surface area contributed by atoms with E-state index in [1.807, 2.05) is 0 Å². The fraction of sp³-hybridized carbons (Fsp3) is 0.294. The number of nitrogens with zero attached hydrogens (tertiary/aromatic N) is 3. The minimum absolute atomic E-state index is 0.250. The third kappa shape index (κ3) is 2.20. The first kappa shape index (κ1) is 16.2. The maximum Gasteiger partial charge on any atom is 0.325 e. The normalized spacial score (nSPS) is 24.2. The van der Waals surface area contributed by atoms with E-state index in [0.717, 1.165) is 11.1 Å². The standard InChI is InChI=1S/C17H15FN4O4/c1-21-7-10(6-19-21)9-2-3-12-11(4-9)13(18)5-17(12)15(25)22(8-14(23)24)16(26)20-17/h2-4,6-7,13H,5,8H2,1H3,(H,20,26)(H,23,24)/t13-,17+/m1/s1. The number of benzene rings is 1. The van der Waals surface area contributed by atoms with Crippen molar-refractivity contribution in [3.8, 4) is 11.1 Å². The van der Waals surface area contributed by atoms with Gasteiger partial charge in [-0.3, -0.25) is 19.2 Å². The monoisotopic (exact) mass is 358 g/mol. The van der Waals surface area contributed by atoms with Gasteiger partial charge in [0.1, 0.15) is 18.3 Å². The summed E-state index contributed by atoms with van der Waals surface area (Å²) < 4.78 is 16.4. The van der Waals surface area contributed by atoms with Crippen LogP contribution in [-0.4, -0.2) is 44.2 Å². The van der Waals surface area contributed by atoms with Crippen molar-refractivity contribution in [2.24, 2.45) is 7.05 Å². The van der Waals surface area contributed by atoms with E-state index in [1.165, 1.54) is 0 Å². The molecule has 0 saturated carbocycles. The van der Waals surface area contributed by atoms with Crippen molar-refractivity contribution in [2.75, 3.05) is 6.54 Å². The second-order valence-corrected chi connectivity index (χ2v) is 6.50. The predicted octanol–water partition coefficient (Wildman–Crippen LogP) is 1.33. The number of urea groups is 1. The number of carboxylic acid groups (broad SMARTS) is 1. The Morgan fingerprint density at radius 1 is 1.42 bits per heavy atom. The van der Waals surface area contributed by atoms with E-state index in [2.05, 4.69) is 10.4 Å². The van der Waals surface area contributed by atoms with Gasteiger partial charge in [-0.25, -0.2) is 9.18 Å². The van der Waals surface area contributed by atoms with Gasteiger partial charge in [0, 0.05) is 25.2 Å². The van der Waals surface area contributed by atoms with Crippen molar-refractivity contribution in [3.05, 3.63) is 41.7 Å². The molecule has 1 spiro atoms. The van der Waals surface area contributed by atoms with E-state index in [-0.39, 0.29) is 6.42 Å². The number of carbonyl (C=O) groups excluding carboxylic acids is 2. The fourth-order valence-electron chi connectivity index (χ4n) is 3.67. The molecule has 4 rings (SSSR count). The van der Waals surface area contributed by atoms with Crippen LogP contribution in [0.2, 0.25) is 0 Å². The molecular formula is C17H15FN4O4. The van der Waals surface area contributed by atoms with Crippen molar-refractivity contribution < 1.29 is 23.9 Å². The zero-order chi connectivity index (χ0) is 18.6. The van der Waals surface area contributed by atoms with Crippen LogP contribution in [0.1, 0.15) is 23.7 Å². The lowest BCUT2D eigenvalue weighted by Gasteiger charge is -2.22. The molecule has 2 aliphatic rings. The summed E-state index contributed by atoms with van der Waals surface area (Å²) in [6.07, 6.45) is 1.74. The number of halogens is 1. The Balaban J connectivity index is 1.76. The molecule has 0 unspecified atom stereocenters. The van der Waals surface area contributed by atoms with Gasteiger partial charge in [0.25, 0.3) is 5.91 Å². The Morgan fingerprint density at radius 3 is 2.85 bits per heavy atom. The van der Waals surface area contributed by atoms with E-state index in [9.17, 15) is 18.8 Å². The Kier molecular flexibility index (Phi) is 3.36. The molecule has 1 aliphatic carbocycles. The summed E-state index contributed by atoms with van der Waals surface area (Å²) in [4.78, 5) is 36.3. The second kappa shape index (κ2) is 5.38. The molecule has 134 valence electrons. The average molecular weight is 358 g/mol. The third-order valence-corrected chi connectivity index (χ3v) is 4.84. The van der Waals surface area contributed by atoms with Gasteiger partial charge in [-0.1, -0.05) is 12.1 Å². The molecule has 1 fully saturated rings. The Hall–Kier alpha value is -3.23. The van der Waals surface area contributed by atoms with E-state index in [1.54, 1.807) is 42.3 Å². The second-order valence-electron chi connectivity index (χ2n) is 6.50. The summed E-state index contributed by atoms with van der Waals surface area (Å²) in [5, 5.41) is 15.5. The van der Waals surface area contributed by atoms with Gasteiger partial charge in [0.2, 0.25) is 0 Å². The number of aryl methyl sites for hydroxylation is 1. The van der Waals surface area contributed by atoms with Gasteiger partial charge in [-0.2, -0.15) is 5.10 Å². The van der Waals surface area contributed by atoms with Crippen LogP contribution in [0.3, 0.4) is 0 Å². The molecule has 9 heteroatoms. The Morgan fingerprint density at radius 2 is 2.19 bits per heavy atom. The largest absolute Gasteiger partial charge is 0.480 e. The quantitative estimate of drug-likeness (QED) is 0.806. The summed E-state index contributed by atoms with van der Waals surface area (Å²) in [6, 6.07) is 4.16. The van der Waals surface area contributed by atoms with E-state index >= 15 is 0 Å². The number of hydrogen-bond acceptors (Lipinski definition) is 4. The topological polar surface area (TPSA) is 105 Å². The first-order valence-electron chi connectivity index (χ1n) is 7.95. The van der Waals surface area contributed by atoms with Crippen LogP contribution >= 0.6 is 0 Å². The zero-order valence-corrected chi connectivity index (χ0v) is 13.8. The van der Waals surface area contributed by atoms with Gasteiger partial charge in [0.05, 0.1) is 6.20 Å². The maximum absolute atomic E-state index is 14.7. The lowest BCUT2D eigenvalue weighted by atomic mass is 9.90.